The summed E-state index contributed by atoms with van der Waals surface area (Å²) in [6, 6.07) is 4.18. The van der Waals surface area contributed by atoms with Gasteiger partial charge >= 0.3 is 0 Å². The van der Waals surface area contributed by atoms with Gasteiger partial charge in [-0.2, -0.15) is 5.10 Å². The molecule has 0 aliphatic carbocycles. The first-order valence-corrected chi connectivity index (χ1v) is 6.66. The van der Waals surface area contributed by atoms with E-state index in [0.29, 0.717) is 6.54 Å². The summed E-state index contributed by atoms with van der Waals surface area (Å²) in [6.45, 7) is 2.67. The van der Waals surface area contributed by atoms with E-state index in [2.05, 4.69) is 31.9 Å². The lowest BCUT2D eigenvalue weighted by Gasteiger charge is -2.03. The summed E-state index contributed by atoms with van der Waals surface area (Å²) in [6.07, 6.45) is 6.34. The van der Waals surface area contributed by atoms with Crippen LogP contribution in [0.4, 0.5) is 0 Å². The average molecular weight is 270 g/mol. The number of nitrogens with two attached hydrogens (primary N) is 1. The molecule has 3 aromatic heterocycles. The molecule has 0 amide bonds. The SMILES string of the molecule is CC(N)Cc1cn(Cc2ncnn2C)c2ncccc12. The Morgan fingerprint density at radius 1 is 1.35 bits per heavy atom. The quantitative estimate of drug-likeness (QED) is 0.770. The Hall–Kier alpha value is -2.21. The van der Waals surface area contributed by atoms with Crippen molar-refractivity contribution in [2.24, 2.45) is 12.8 Å². The minimum absolute atomic E-state index is 0.129. The number of fused-ring (bicyclic) bond motifs is 1. The Labute approximate surface area is 117 Å². The van der Waals surface area contributed by atoms with Gasteiger partial charge in [-0.05, 0) is 31.0 Å². The van der Waals surface area contributed by atoms with Gasteiger partial charge < -0.3 is 10.3 Å². The fourth-order valence-electron chi connectivity index (χ4n) is 2.44. The largest absolute Gasteiger partial charge is 0.328 e. The molecule has 0 aromatic carbocycles. The zero-order valence-corrected chi connectivity index (χ0v) is 11.7. The molecule has 3 rings (SSSR count). The zero-order valence-electron chi connectivity index (χ0n) is 11.7. The Kier molecular flexibility index (Phi) is 3.23. The summed E-state index contributed by atoms with van der Waals surface area (Å²) in [4.78, 5) is 8.75. The second-order valence-electron chi connectivity index (χ2n) is 5.14. The Morgan fingerprint density at radius 3 is 2.90 bits per heavy atom. The molecule has 0 saturated heterocycles. The molecular weight excluding hydrogens is 252 g/mol. The smallest absolute Gasteiger partial charge is 0.146 e. The Balaban J connectivity index is 2.04. The molecule has 1 atom stereocenters. The summed E-state index contributed by atoms with van der Waals surface area (Å²) in [7, 11) is 1.89. The number of hydrogen-bond acceptors (Lipinski definition) is 4. The fourth-order valence-corrected chi connectivity index (χ4v) is 2.44. The van der Waals surface area contributed by atoms with Crippen LogP contribution in [0, 0.1) is 0 Å². The number of hydrogen-bond donors (Lipinski definition) is 1. The summed E-state index contributed by atoms with van der Waals surface area (Å²) in [5.41, 5.74) is 8.12. The van der Waals surface area contributed by atoms with Crippen LogP contribution in [0.1, 0.15) is 18.3 Å². The molecule has 3 heterocycles. The van der Waals surface area contributed by atoms with Gasteiger partial charge in [0, 0.05) is 30.9 Å². The van der Waals surface area contributed by atoms with E-state index in [-0.39, 0.29) is 6.04 Å². The monoisotopic (exact) mass is 270 g/mol. The van der Waals surface area contributed by atoms with E-state index < -0.39 is 0 Å². The molecule has 0 bridgehead atoms. The maximum atomic E-state index is 5.93. The number of aryl methyl sites for hydroxylation is 1. The number of nitrogens with zero attached hydrogens (tertiary/aromatic N) is 5. The van der Waals surface area contributed by atoms with Crippen molar-refractivity contribution in [1.82, 2.24) is 24.3 Å². The standard InChI is InChI=1S/C14H18N6/c1-10(15)6-11-7-20(8-13-17-9-18-19(13)2)14-12(11)4-3-5-16-14/h3-5,7,9-10H,6,8,15H2,1-2H3. The molecular formula is C14H18N6. The van der Waals surface area contributed by atoms with E-state index in [4.69, 9.17) is 5.73 Å². The van der Waals surface area contributed by atoms with Gasteiger partial charge in [0.25, 0.3) is 0 Å². The molecule has 104 valence electrons. The highest BCUT2D eigenvalue weighted by Crippen LogP contribution is 2.21. The van der Waals surface area contributed by atoms with E-state index >= 15 is 0 Å². The van der Waals surface area contributed by atoms with E-state index in [1.165, 1.54) is 5.56 Å². The van der Waals surface area contributed by atoms with Gasteiger partial charge in [0.1, 0.15) is 17.8 Å². The molecule has 3 aromatic rings. The zero-order chi connectivity index (χ0) is 14.1. The van der Waals surface area contributed by atoms with Crippen molar-refractivity contribution in [3.05, 3.63) is 42.2 Å². The molecule has 0 spiro atoms. The van der Waals surface area contributed by atoms with Gasteiger partial charge in [0.05, 0.1) is 6.54 Å². The van der Waals surface area contributed by atoms with Crippen LogP contribution in [0.3, 0.4) is 0 Å². The second kappa shape index (κ2) is 5.05. The lowest BCUT2D eigenvalue weighted by Crippen LogP contribution is -2.17. The third-order valence-corrected chi connectivity index (χ3v) is 3.38. The third-order valence-electron chi connectivity index (χ3n) is 3.38. The fraction of sp³-hybridized carbons (Fsp3) is 0.357. The van der Waals surface area contributed by atoms with Crippen LogP contribution < -0.4 is 5.73 Å². The Morgan fingerprint density at radius 2 is 2.20 bits per heavy atom. The van der Waals surface area contributed by atoms with E-state index in [0.717, 1.165) is 23.3 Å². The number of aromatic nitrogens is 5. The highest BCUT2D eigenvalue weighted by atomic mass is 15.3. The van der Waals surface area contributed by atoms with E-state index in [1.54, 1.807) is 11.0 Å². The van der Waals surface area contributed by atoms with Crippen LogP contribution in [0.15, 0.2) is 30.9 Å². The number of rotatable bonds is 4. The van der Waals surface area contributed by atoms with Gasteiger partial charge in [0.2, 0.25) is 0 Å². The minimum Gasteiger partial charge on any atom is -0.328 e. The summed E-state index contributed by atoms with van der Waals surface area (Å²) in [5, 5.41) is 5.26. The lowest BCUT2D eigenvalue weighted by molar-refractivity contribution is 0.659. The topological polar surface area (TPSA) is 74.6 Å². The maximum absolute atomic E-state index is 5.93. The molecule has 20 heavy (non-hydrogen) atoms. The van der Waals surface area contributed by atoms with Crippen LogP contribution in [-0.4, -0.2) is 30.4 Å². The average Bonchev–Trinajstić information content (AvgIpc) is 2.96. The minimum atomic E-state index is 0.129. The van der Waals surface area contributed by atoms with Crippen molar-refractivity contribution in [3.8, 4) is 0 Å². The highest BCUT2D eigenvalue weighted by molar-refractivity contribution is 5.80. The van der Waals surface area contributed by atoms with Crippen LogP contribution in [0.25, 0.3) is 11.0 Å². The van der Waals surface area contributed by atoms with Crippen molar-refractivity contribution in [2.45, 2.75) is 25.9 Å². The molecule has 6 heteroatoms. The van der Waals surface area contributed by atoms with Crippen molar-refractivity contribution >= 4 is 11.0 Å². The predicted octanol–water partition coefficient (Wildman–Crippen LogP) is 1.10. The van der Waals surface area contributed by atoms with Gasteiger partial charge in [-0.25, -0.2) is 9.97 Å². The normalized spacial score (nSPS) is 12.9. The first-order valence-electron chi connectivity index (χ1n) is 6.66. The van der Waals surface area contributed by atoms with Crippen LogP contribution in [0.2, 0.25) is 0 Å². The molecule has 0 saturated carbocycles. The highest BCUT2D eigenvalue weighted by Gasteiger charge is 2.12. The molecule has 0 fully saturated rings. The molecule has 6 nitrogen and oxygen atoms in total. The van der Waals surface area contributed by atoms with Gasteiger partial charge in [0.15, 0.2) is 0 Å². The van der Waals surface area contributed by atoms with Crippen LogP contribution >= 0.6 is 0 Å². The van der Waals surface area contributed by atoms with Crippen molar-refractivity contribution in [1.29, 1.82) is 0 Å². The van der Waals surface area contributed by atoms with Crippen LogP contribution in [0.5, 0.6) is 0 Å². The second-order valence-corrected chi connectivity index (χ2v) is 5.14. The number of pyridine rings is 1. The molecule has 0 aliphatic heterocycles. The van der Waals surface area contributed by atoms with E-state index in [1.807, 2.05) is 26.2 Å². The van der Waals surface area contributed by atoms with Crippen LogP contribution in [-0.2, 0) is 20.0 Å². The van der Waals surface area contributed by atoms with E-state index in [9.17, 15) is 0 Å². The third kappa shape index (κ3) is 2.30. The maximum Gasteiger partial charge on any atom is 0.146 e. The van der Waals surface area contributed by atoms with Gasteiger partial charge in [-0.3, -0.25) is 4.68 Å². The van der Waals surface area contributed by atoms with Crippen molar-refractivity contribution in [2.75, 3.05) is 0 Å². The molecule has 0 radical (unpaired) electrons. The predicted molar refractivity (Wildman–Crippen MR) is 77.2 cm³/mol. The van der Waals surface area contributed by atoms with Crippen molar-refractivity contribution < 1.29 is 0 Å². The molecule has 0 aliphatic rings. The van der Waals surface area contributed by atoms with Gasteiger partial charge in [-0.15, -0.1) is 0 Å². The lowest BCUT2D eigenvalue weighted by atomic mass is 10.1. The molecule has 1 unspecified atom stereocenters. The first kappa shape index (κ1) is 12.8. The summed E-state index contributed by atoms with van der Waals surface area (Å²) in [5.74, 6) is 0.903. The Bertz CT molecular complexity index is 724. The first-order chi connectivity index (χ1) is 9.65. The van der Waals surface area contributed by atoms with Crippen molar-refractivity contribution in [3.63, 3.8) is 0 Å². The summed E-state index contributed by atoms with van der Waals surface area (Å²) < 4.78 is 3.89. The summed E-state index contributed by atoms with van der Waals surface area (Å²) >= 11 is 0. The molecule has 2 N–H and O–H groups in total. The van der Waals surface area contributed by atoms with Gasteiger partial charge in [-0.1, -0.05) is 0 Å².